The van der Waals surface area contributed by atoms with Crippen molar-refractivity contribution in [2.75, 3.05) is 19.3 Å². The largest absolute Gasteiger partial charge is 0.341 e. The molecule has 31 heavy (non-hydrogen) atoms. The molecule has 1 N–H and O–H groups in total. The Labute approximate surface area is 181 Å². The molecule has 4 rings (SSSR count). The first-order chi connectivity index (χ1) is 14.7. The molecule has 1 saturated heterocycles. The van der Waals surface area contributed by atoms with Crippen molar-refractivity contribution < 1.29 is 22.0 Å². The van der Waals surface area contributed by atoms with Gasteiger partial charge in [0.1, 0.15) is 11.6 Å². The number of piperidine rings is 1. The van der Waals surface area contributed by atoms with E-state index in [0.717, 1.165) is 18.2 Å². The SMILES string of the molecule is C[C@H]1[C@H](C(=O)N2CCC[C@H](NS(C)(=O)=O)C2)[C@H]1c1ccccc1-c1c(F)cccc1F. The average Bonchev–Trinajstić information content (AvgIpc) is 3.37. The lowest BCUT2D eigenvalue weighted by molar-refractivity contribution is -0.134. The highest BCUT2D eigenvalue weighted by Crippen LogP contribution is 2.56. The lowest BCUT2D eigenvalue weighted by Crippen LogP contribution is -2.49. The molecule has 1 aliphatic heterocycles. The predicted octanol–water partition coefficient (Wildman–Crippen LogP) is 3.52. The predicted molar refractivity (Wildman–Crippen MR) is 115 cm³/mol. The zero-order valence-corrected chi connectivity index (χ0v) is 18.3. The first-order valence-corrected chi connectivity index (χ1v) is 12.4. The summed E-state index contributed by atoms with van der Waals surface area (Å²) < 4.78 is 54.6. The molecule has 5 nitrogen and oxygen atoms in total. The van der Waals surface area contributed by atoms with Gasteiger partial charge in [-0.15, -0.1) is 0 Å². The van der Waals surface area contributed by atoms with E-state index in [-0.39, 0.29) is 35.3 Å². The molecule has 2 fully saturated rings. The van der Waals surface area contributed by atoms with Crippen LogP contribution >= 0.6 is 0 Å². The fourth-order valence-electron chi connectivity index (χ4n) is 4.88. The molecule has 166 valence electrons. The molecule has 1 heterocycles. The van der Waals surface area contributed by atoms with E-state index in [4.69, 9.17) is 0 Å². The minimum absolute atomic E-state index is 0.0266. The summed E-state index contributed by atoms with van der Waals surface area (Å²) in [7, 11) is -3.35. The Morgan fingerprint density at radius 3 is 2.45 bits per heavy atom. The molecule has 1 amide bonds. The van der Waals surface area contributed by atoms with Gasteiger partial charge >= 0.3 is 0 Å². The van der Waals surface area contributed by atoms with E-state index in [1.165, 1.54) is 18.2 Å². The summed E-state index contributed by atoms with van der Waals surface area (Å²) in [4.78, 5) is 15.0. The Kier molecular flexibility index (Phi) is 5.87. The number of sulfonamides is 1. The zero-order valence-electron chi connectivity index (χ0n) is 17.5. The number of carbonyl (C=O) groups excluding carboxylic acids is 1. The van der Waals surface area contributed by atoms with Crippen molar-refractivity contribution in [3.05, 3.63) is 59.7 Å². The van der Waals surface area contributed by atoms with Crippen molar-refractivity contribution in [1.82, 2.24) is 9.62 Å². The number of nitrogens with one attached hydrogen (secondary N) is 1. The summed E-state index contributed by atoms with van der Waals surface area (Å²) in [5, 5.41) is 0. The summed E-state index contributed by atoms with van der Waals surface area (Å²) in [5.41, 5.74) is 1.17. The van der Waals surface area contributed by atoms with Gasteiger partial charge in [0, 0.05) is 25.0 Å². The van der Waals surface area contributed by atoms with Gasteiger partial charge in [0.2, 0.25) is 15.9 Å². The minimum Gasteiger partial charge on any atom is -0.341 e. The summed E-state index contributed by atoms with van der Waals surface area (Å²) >= 11 is 0. The van der Waals surface area contributed by atoms with Crippen LogP contribution in [-0.2, 0) is 14.8 Å². The standard InChI is InChI=1S/C23H26F2N2O3S/c1-14-20(16-8-3-4-9-17(16)22-18(24)10-5-11-19(22)25)21(14)23(28)27-12-6-7-15(13-27)26-31(2,29)30/h3-5,8-11,14-15,20-21,26H,6-7,12-13H2,1-2H3/t14-,15+,20-,21+/m1/s1. The molecule has 0 radical (unpaired) electrons. The van der Waals surface area contributed by atoms with Crippen LogP contribution < -0.4 is 4.72 Å². The molecular weight excluding hydrogens is 422 g/mol. The third-order valence-electron chi connectivity index (χ3n) is 6.33. The van der Waals surface area contributed by atoms with E-state index in [2.05, 4.69) is 4.72 Å². The molecule has 8 heteroatoms. The van der Waals surface area contributed by atoms with Crippen LogP contribution in [0.25, 0.3) is 11.1 Å². The van der Waals surface area contributed by atoms with Crippen LogP contribution in [0.5, 0.6) is 0 Å². The molecule has 0 bridgehead atoms. The van der Waals surface area contributed by atoms with Gasteiger partial charge < -0.3 is 4.90 Å². The van der Waals surface area contributed by atoms with E-state index in [1.54, 1.807) is 17.0 Å². The van der Waals surface area contributed by atoms with Crippen LogP contribution in [0, 0.1) is 23.5 Å². The third-order valence-corrected chi connectivity index (χ3v) is 7.09. The van der Waals surface area contributed by atoms with Crippen LogP contribution in [0.15, 0.2) is 42.5 Å². The molecule has 0 aromatic heterocycles. The molecule has 4 atom stereocenters. The topological polar surface area (TPSA) is 66.5 Å². The van der Waals surface area contributed by atoms with E-state index >= 15 is 0 Å². The lowest BCUT2D eigenvalue weighted by Gasteiger charge is -2.33. The minimum atomic E-state index is -3.35. The zero-order chi connectivity index (χ0) is 22.3. The molecule has 0 spiro atoms. The number of likely N-dealkylation sites (tertiary alicyclic amines) is 1. The number of rotatable bonds is 5. The molecule has 2 aliphatic rings. The highest BCUT2D eigenvalue weighted by molar-refractivity contribution is 7.88. The summed E-state index contributed by atoms with van der Waals surface area (Å²) in [5.74, 6) is -1.67. The molecular formula is C23H26F2N2O3S. The van der Waals surface area contributed by atoms with Gasteiger partial charge in [-0.25, -0.2) is 21.9 Å². The van der Waals surface area contributed by atoms with Gasteiger partial charge in [0.15, 0.2) is 0 Å². The van der Waals surface area contributed by atoms with Crippen molar-refractivity contribution in [3.63, 3.8) is 0 Å². The van der Waals surface area contributed by atoms with E-state index in [0.29, 0.717) is 25.1 Å². The maximum atomic E-state index is 14.5. The fraction of sp³-hybridized carbons (Fsp3) is 0.435. The smallest absolute Gasteiger partial charge is 0.226 e. The molecule has 1 saturated carbocycles. The van der Waals surface area contributed by atoms with Gasteiger partial charge in [0.25, 0.3) is 0 Å². The van der Waals surface area contributed by atoms with Gasteiger partial charge in [-0.2, -0.15) is 0 Å². The first-order valence-electron chi connectivity index (χ1n) is 10.5. The van der Waals surface area contributed by atoms with Crippen molar-refractivity contribution >= 4 is 15.9 Å². The summed E-state index contributed by atoms with van der Waals surface area (Å²) in [6.45, 7) is 2.89. The number of nitrogens with zero attached hydrogens (tertiary/aromatic N) is 1. The highest BCUT2D eigenvalue weighted by Gasteiger charge is 2.54. The van der Waals surface area contributed by atoms with Crippen LogP contribution in [0.2, 0.25) is 0 Å². The van der Waals surface area contributed by atoms with Crippen LogP contribution in [-0.4, -0.2) is 44.6 Å². The Hall–Kier alpha value is -2.32. The molecule has 2 aromatic carbocycles. The second-order valence-electron chi connectivity index (χ2n) is 8.61. The van der Waals surface area contributed by atoms with Crippen LogP contribution in [0.3, 0.4) is 0 Å². The molecule has 2 aromatic rings. The Morgan fingerprint density at radius 2 is 1.77 bits per heavy atom. The van der Waals surface area contributed by atoms with Gasteiger partial charge in [-0.3, -0.25) is 4.79 Å². The Bertz CT molecular complexity index is 1090. The number of halogens is 2. The number of carbonyl (C=O) groups is 1. The number of hydrogen-bond donors (Lipinski definition) is 1. The van der Waals surface area contributed by atoms with E-state index in [1.807, 2.05) is 19.1 Å². The van der Waals surface area contributed by atoms with Crippen LogP contribution in [0.4, 0.5) is 8.78 Å². The quantitative estimate of drug-likeness (QED) is 0.761. The van der Waals surface area contributed by atoms with Gasteiger partial charge in [-0.05, 0) is 47.9 Å². The summed E-state index contributed by atoms with van der Waals surface area (Å²) in [6.07, 6.45) is 2.53. The average molecular weight is 449 g/mol. The number of hydrogen-bond acceptors (Lipinski definition) is 3. The van der Waals surface area contributed by atoms with Crippen molar-refractivity contribution in [3.8, 4) is 11.1 Å². The lowest BCUT2D eigenvalue weighted by atomic mass is 9.94. The maximum Gasteiger partial charge on any atom is 0.226 e. The maximum absolute atomic E-state index is 14.5. The summed E-state index contributed by atoms with van der Waals surface area (Å²) in [6, 6.07) is 10.6. The monoisotopic (exact) mass is 448 g/mol. The normalized spacial score (nSPS) is 26.0. The van der Waals surface area contributed by atoms with Crippen molar-refractivity contribution in [2.24, 2.45) is 11.8 Å². The first kappa shape index (κ1) is 21.9. The number of benzene rings is 2. The highest BCUT2D eigenvalue weighted by atomic mass is 32.2. The van der Waals surface area contributed by atoms with Crippen LogP contribution in [0.1, 0.15) is 31.2 Å². The van der Waals surface area contributed by atoms with Gasteiger partial charge in [0.05, 0.1) is 11.8 Å². The van der Waals surface area contributed by atoms with Gasteiger partial charge in [-0.1, -0.05) is 37.3 Å². The molecule has 0 unspecified atom stereocenters. The second-order valence-corrected chi connectivity index (χ2v) is 10.4. The Morgan fingerprint density at radius 1 is 1.10 bits per heavy atom. The number of amides is 1. The van der Waals surface area contributed by atoms with E-state index in [9.17, 15) is 22.0 Å². The van der Waals surface area contributed by atoms with Crippen molar-refractivity contribution in [2.45, 2.75) is 31.7 Å². The Balaban J connectivity index is 1.57. The fourth-order valence-corrected chi connectivity index (χ4v) is 5.67. The third kappa shape index (κ3) is 4.50. The molecule has 1 aliphatic carbocycles. The van der Waals surface area contributed by atoms with E-state index < -0.39 is 21.7 Å². The van der Waals surface area contributed by atoms with Crippen molar-refractivity contribution in [1.29, 1.82) is 0 Å². The second kappa shape index (κ2) is 8.31.